The van der Waals surface area contributed by atoms with Gasteiger partial charge in [-0.05, 0) is 13.3 Å². The number of amides is 3. The zero-order valence-electron chi connectivity index (χ0n) is 13.4. The van der Waals surface area contributed by atoms with Gasteiger partial charge in [-0.2, -0.15) is 13.2 Å². The van der Waals surface area contributed by atoms with Gasteiger partial charge in [-0.15, -0.1) is 0 Å². The van der Waals surface area contributed by atoms with Gasteiger partial charge in [0.05, 0.1) is 6.54 Å². The summed E-state index contributed by atoms with van der Waals surface area (Å²) < 4.78 is 37.4. The number of nitrogens with one attached hydrogen (secondary N) is 1. The van der Waals surface area contributed by atoms with Gasteiger partial charge in [-0.25, -0.2) is 4.79 Å². The van der Waals surface area contributed by atoms with Crippen LogP contribution in [0.2, 0.25) is 0 Å². The topological polar surface area (TPSA) is 55.9 Å². The normalized spacial score (nSPS) is 27.3. The molecule has 2 saturated heterocycles. The first-order chi connectivity index (χ1) is 10.7. The maximum Gasteiger partial charge on any atom is 0.401 e. The lowest BCUT2D eigenvalue weighted by Gasteiger charge is -2.41. The van der Waals surface area contributed by atoms with E-state index in [1.165, 1.54) is 4.90 Å². The van der Waals surface area contributed by atoms with Crippen molar-refractivity contribution in [2.24, 2.45) is 0 Å². The Morgan fingerprint density at radius 3 is 2.57 bits per heavy atom. The van der Waals surface area contributed by atoms with E-state index in [4.69, 9.17) is 0 Å². The van der Waals surface area contributed by atoms with Crippen molar-refractivity contribution in [1.82, 2.24) is 20.0 Å². The van der Waals surface area contributed by atoms with Crippen LogP contribution in [0, 0.1) is 0 Å². The zero-order chi connectivity index (χ0) is 17.2. The fourth-order valence-corrected chi connectivity index (χ4v) is 3.04. The highest BCUT2D eigenvalue weighted by atomic mass is 19.4. The standard InChI is InChI=1S/C14H23F3N4O2/c1-10-7-20(5-6-21(10)9-14(15,16)17)13(23)18-11-3-4-12(22)19(2)8-11/h10-11H,3-9H2,1-2H3,(H,18,23)/t10-,11-/m1/s1. The zero-order valence-corrected chi connectivity index (χ0v) is 13.4. The molecule has 2 aliphatic rings. The molecule has 1 N–H and O–H groups in total. The van der Waals surface area contributed by atoms with Crippen molar-refractivity contribution in [1.29, 1.82) is 0 Å². The van der Waals surface area contributed by atoms with Crippen LogP contribution in [0.4, 0.5) is 18.0 Å². The average Bonchev–Trinajstić information content (AvgIpc) is 2.43. The third-order valence-corrected chi connectivity index (χ3v) is 4.39. The number of carbonyl (C=O) groups excluding carboxylic acids is 2. The van der Waals surface area contributed by atoms with Gasteiger partial charge in [0.1, 0.15) is 0 Å². The van der Waals surface area contributed by atoms with Gasteiger partial charge >= 0.3 is 12.2 Å². The second-order valence-corrected chi connectivity index (χ2v) is 6.34. The van der Waals surface area contributed by atoms with Crippen LogP contribution >= 0.6 is 0 Å². The summed E-state index contributed by atoms with van der Waals surface area (Å²) in [5.41, 5.74) is 0. The molecular weight excluding hydrogens is 313 g/mol. The lowest BCUT2D eigenvalue weighted by molar-refractivity contribution is -0.153. The quantitative estimate of drug-likeness (QED) is 0.815. The highest BCUT2D eigenvalue weighted by Crippen LogP contribution is 2.20. The van der Waals surface area contributed by atoms with Crippen LogP contribution in [-0.2, 0) is 4.79 Å². The Morgan fingerprint density at radius 1 is 1.30 bits per heavy atom. The number of nitrogens with zero attached hydrogens (tertiary/aromatic N) is 3. The number of hydrogen-bond acceptors (Lipinski definition) is 3. The van der Waals surface area contributed by atoms with Crippen molar-refractivity contribution in [3.63, 3.8) is 0 Å². The number of likely N-dealkylation sites (N-methyl/N-ethyl adjacent to an activating group) is 1. The van der Waals surface area contributed by atoms with E-state index in [0.717, 1.165) is 0 Å². The lowest BCUT2D eigenvalue weighted by Crippen LogP contribution is -2.59. The van der Waals surface area contributed by atoms with Gasteiger partial charge in [-0.3, -0.25) is 9.69 Å². The Kier molecular flexibility index (Phi) is 5.38. The first-order valence-electron chi connectivity index (χ1n) is 7.76. The van der Waals surface area contributed by atoms with E-state index in [2.05, 4.69) is 5.32 Å². The number of likely N-dealkylation sites (tertiary alicyclic amines) is 1. The molecule has 0 saturated carbocycles. The fourth-order valence-electron chi connectivity index (χ4n) is 3.04. The van der Waals surface area contributed by atoms with Crippen LogP contribution in [0.5, 0.6) is 0 Å². The molecule has 0 aromatic rings. The number of urea groups is 1. The summed E-state index contributed by atoms with van der Waals surface area (Å²) in [6, 6.07) is -0.711. The third kappa shape index (κ3) is 4.98. The van der Waals surface area contributed by atoms with Gasteiger partial charge < -0.3 is 15.1 Å². The van der Waals surface area contributed by atoms with Crippen molar-refractivity contribution < 1.29 is 22.8 Å². The molecule has 3 amide bonds. The molecule has 6 nitrogen and oxygen atoms in total. The molecule has 2 fully saturated rings. The summed E-state index contributed by atoms with van der Waals surface area (Å²) in [5, 5.41) is 2.88. The molecule has 0 aliphatic carbocycles. The maximum atomic E-state index is 12.5. The number of rotatable bonds is 2. The molecular formula is C14H23F3N4O2. The van der Waals surface area contributed by atoms with Crippen molar-refractivity contribution in [2.45, 2.75) is 38.0 Å². The molecule has 2 heterocycles. The first kappa shape index (κ1) is 17.8. The van der Waals surface area contributed by atoms with Crippen molar-refractivity contribution in [2.75, 3.05) is 39.8 Å². The molecule has 2 atom stereocenters. The molecule has 0 bridgehead atoms. The summed E-state index contributed by atoms with van der Waals surface area (Å²) in [4.78, 5) is 28.2. The molecule has 0 aromatic heterocycles. The highest BCUT2D eigenvalue weighted by Gasteiger charge is 2.36. The van der Waals surface area contributed by atoms with Gasteiger partial charge in [0.25, 0.3) is 0 Å². The number of piperidine rings is 1. The van der Waals surface area contributed by atoms with Crippen LogP contribution in [0.15, 0.2) is 0 Å². The Labute approximate surface area is 133 Å². The minimum absolute atomic E-state index is 0.0601. The summed E-state index contributed by atoms with van der Waals surface area (Å²) in [7, 11) is 1.69. The van der Waals surface area contributed by atoms with E-state index < -0.39 is 12.7 Å². The fraction of sp³-hybridized carbons (Fsp3) is 0.857. The monoisotopic (exact) mass is 336 g/mol. The second kappa shape index (κ2) is 6.94. The van der Waals surface area contributed by atoms with Gasteiger partial charge in [0, 0.05) is 51.7 Å². The Hall–Kier alpha value is -1.51. The van der Waals surface area contributed by atoms with Gasteiger partial charge in [0.15, 0.2) is 0 Å². The molecule has 2 aliphatic heterocycles. The number of piperazine rings is 1. The number of hydrogen-bond donors (Lipinski definition) is 1. The molecule has 9 heteroatoms. The third-order valence-electron chi connectivity index (χ3n) is 4.39. The van der Waals surface area contributed by atoms with Crippen LogP contribution in [0.1, 0.15) is 19.8 Å². The van der Waals surface area contributed by atoms with E-state index >= 15 is 0 Å². The second-order valence-electron chi connectivity index (χ2n) is 6.34. The van der Waals surface area contributed by atoms with E-state index in [-0.39, 0.29) is 43.7 Å². The molecule has 0 radical (unpaired) electrons. The molecule has 0 spiro atoms. The smallest absolute Gasteiger partial charge is 0.344 e. The number of alkyl halides is 3. The van der Waals surface area contributed by atoms with E-state index in [9.17, 15) is 22.8 Å². The molecule has 23 heavy (non-hydrogen) atoms. The van der Waals surface area contributed by atoms with Gasteiger partial charge in [0.2, 0.25) is 5.91 Å². The number of carbonyl (C=O) groups is 2. The molecule has 0 aromatic carbocycles. The Morgan fingerprint density at radius 2 is 2.00 bits per heavy atom. The van der Waals surface area contributed by atoms with Crippen LogP contribution in [0.25, 0.3) is 0 Å². The van der Waals surface area contributed by atoms with Crippen LogP contribution in [-0.4, -0.2) is 84.7 Å². The molecule has 0 unspecified atom stereocenters. The van der Waals surface area contributed by atoms with E-state index in [0.29, 0.717) is 19.4 Å². The summed E-state index contributed by atoms with van der Waals surface area (Å²) in [5.74, 6) is 0.0601. The van der Waals surface area contributed by atoms with Crippen molar-refractivity contribution in [3.8, 4) is 0 Å². The Bertz CT molecular complexity index is 458. The SMILES string of the molecule is C[C@@H]1CN(C(=O)N[C@@H]2CCC(=O)N(C)C2)CCN1CC(F)(F)F. The lowest BCUT2D eigenvalue weighted by atomic mass is 10.1. The average molecular weight is 336 g/mol. The Balaban J connectivity index is 1.82. The summed E-state index contributed by atoms with van der Waals surface area (Å²) in [6.45, 7) is 1.96. The largest absolute Gasteiger partial charge is 0.401 e. The maximum absolute atomic E-state index is 12.5. The minimum Gasteiger partial charge on any atom is -0.344 e. The predicted octanol–water partition coefficient (Wildman–Crippen LogP) is 0.885. The van der Waals surface area contributed by atoms with E-state index in [1.54, 1.807) is 23.8 Å². The molecule has 132 valence electrons. The van der Waals surface area contributed by atoms with Crippen LogP contribution < -0.4 is 5.32 Å². The number of halogens is 3. The summed E-state index contributed by atoms with van der Waals surface area (Å²) >= 11 is 0. The minimum atomic E-state index is -4.22. The first-order valence-corrected chi connectivity index (χ1v) is 7.76. The predicted molar refractivity (Wildman–Crippen MR) is 77.9 cm³/mol. The molecule has 2 rings (SSSR count). The van der Waals surface area contributed by atoms with Gasteiger partial charge in [-0.1, -0.05) is 0 Å². The van der Waals surface area contributed by atoms with Crippen molar-refractivity contribution in [3.05, 3.63) is 0 Å². The van der Waals surface area contributed by atoms with Crippen LogP contribution in [0.3, 0.4) is 0 Å². The van der Waals surface area contributed by atoms with Crippen molar-refractivity contribution >= 4 is 11.9 Å². The summed E-state index contributed by atoms with van der Waals surface area (Å²) in [6.07, 6.45) is -3.23. The highest BCUT2D eigenvalue weighted by molar-refractivity contribution is 5.78. The van der Waals surface area contributed by atoms with E-state index in [1.807, 2.05) is 0 Å².